The summed E-state index contributed by atoms with van der Waals surface area (Å²) in [7, 11) is 0. The Morgan fingerprint density at radius 1 is 1.43 bits per heavy atom. The predicted molar refractivity (Wildman–Crippen MR) is 83.2 cm³/mol. The van der Waals surface area contributed by atoms with Crippen molar-refractivity contribution in [3.05, 3.63) is 57.3 Å². The van der Waals surface area contributed by atoms with E-state index in [1.165, 1.54) is 16.9 Å². The third-order valence-electron chi connectivity index (χ3n) is 3.98. The molecule has 0 bridgehead atoms. The number of carbonyl (C=O) groups is 1. The van der Waals surface area contributed by atoms with E-state index in [9.17, 15) is 9.90 Å². The van der Waals surface area contributed by atoms with Crippen LogP contribution in [0.15, 0.2) is 35.7 Å². The number of aryl methyl sites for hydroxylation is 1. The lowest BCUT2D eigenvalue weighted by molar-refractivity contribution is 0.0385. The molecule has 0 aliphatic heterocycles. The summed E-state index contributed by atoms with van der Waals surface area (Å²) < 4.78 is 0. The number of thiophene rings is 1. The Morgan fingerprint density at radius 3 is 3.00 bits per heavy atom. The molecule has 1 aromatic heterocycles. The van der Waals surface area contributed by atoms with E-state index in [-0.39, 0.29) is 0 Å². The van der Waals surface area contributed by atoms with Gasteiger partial charge in [0.2, 0.25) is 5.91 Å². The van der Waals surface area contributed by atoms with E-state index in [4.69, 9.17) is 5.73 Å². The van der Waals surface area contributed by atoms with Crippen molar-refractivity contribution in [1.82, 2.24) is 5.32 Å². The van der Waals surface area contributed by atoms with Crippen LogP contribution in [0.2, 0.25) is 0 Å². The van der Waals surface area contributed by atoms with Crippen molar-refractivity contribution in [3.63, 3.8) is 0 Å². The maximum Gasteiger partial charge on any atom is 0.249 e. The van der Waals surface area contributed by atoms with Gasteiger partial charge in [-0.25, -0.2) is 0 Å². The zero-order chi connectivity index (χ0) is 14.9. The second-order valence-electron chi connectivity index (χ2n) is 5.46. The summed E-state index contributed by atoms with van der Waals surface area (Å²) in [6.07, 6.45) is 1.66. The summed E-state index contributed by atoms with van der Waals surface area (Å²) in [5.41, 5.74) is 7.25. The van der Waals surface area contributed by atoms with Gasteiger partial charge in [0.1, 0.15) is 5.60 Å². The monoisotopic (exact) mass is 302 g/mol. The second kappa shape index (κ2) is 5.60. The van der Waals surface area contributed by atoms with Crippen LogP contribution in [0, 0.1) is 0 Å². The van der Waals surface area contributed by atoms with Crippen molar-refractivity contribution < 1.29 is 9.90 Å². The molecule has 1 unspecified atom stereocenters. The maximum absolute atomic E-state index is 11.1. The first-order chi connectivity index (χ1) is 10.1. The third kappa shape index (κ3) is 2.85. The number of benzene rings is 1. The van der Waals surface area contributed by atoms with Crippen molar-refractivity contribution in [2.24, 2.45) is 5.73 Å². The second-order valence-corrected chi connectivity index (χ2v) is 6.45. The van der Waals surface area contributed by atoms with Crippen LogP contribution < -0.4 is 11.1 Å². The molecule has 0 radical (unpaired) electrons. The van der Waals surface area contributed by atoms with Crippen LogP contribution in [0.3, 0.4) is 0 Å². The van der Waals surface area contributed by atoms with Gasteiger partial charge in [0.25, 0.3) is 0 Å². The van der Waals surface area contributed by atoms with Gasteiger partial charge in [0.15, 0.2) is 0 Å². The molecular formula is C16H18N2O2S. The standard InChI is InChI=1S/C16H18N2O2S/c17-15(19)12-7-13(21-9-12)8-18-10-16(20)6-5-11-3-1-2-4-14(11)16/h1-4,7,9,18,20H,5-6,8,10H2,(H2,17,19). The van der Waals surface area contributed by atoms with Gasteiger partial charge in [-0.1, -0.05) is 24.3 Å². The average Bonchev–Trinajstić information content (AvgIpc) is 3.06. The average molecular weight is 302 g/mol. The molecule has 1 heterocycles. The van der Waals surface area contributed by atoms with Crippen LogP contribution in [0.5, 0.6) is 0 Å². The Hall–Kier alpha value is -1.69. The number of nitrogens with one attached hydrogen (secondary N) is 1. The number of carbonyl (C=O) groups excluding carboxylic acids is 1. The molecule has 2 aromatic rings. The zero-order valence-corrected chi connectivity index (χ0v) is 12.5. The molecule has 1 aliphatic carbocycles. The largest absolute Gasteiger partial charge is 0.384 e. The molecule has 1 amide bonds. The van der Waals surface area contributed by atoms with Gasteiger partial charge < -0.3 is 16.2 Å². The Labute approximate surface area is 127 Å². The van der Waals surface area contributed by atoms with Crippen LogP contribution in [-0.4, -0.2) is 17.6 Å². The van der Waals surface area contributed by atoms with E-state index < -0.39 is 11.5 Å². The lowest BCUT2D eigenvalue weighted by Gasteiger charge is -2.24. The molecule has 0 spiro atoms. The molecule has 0 saturated carbocycles. The molecule has 1 aromatic carbocycles. The third-order valence-corrected chi connectivity index (χ3v) is 4.92. The highest BCUT2D eigenvalue weighted by molar-refractivity contribution is 7.10. The quantitative estimate of drug-likeness (QED) is 0.788. The summed E-state index contributed by atoms with van der Waals surface area (Å²) in [6.45, 7) is 1.14. The summed E-state index contributed by atoms with van der Waals surface area (Å²) in [5.74, 6) is -0.402. The highest BCUT2D eigenvalue weighted by Gasteiger charge is 2.35. The minimum Gasteiger partial charge on any atom is -0.384 e. The van der Waals surface area contributed by atoms with Crippen molar-refractivity contribution >= 4 is 17.2 Å². The smallest absolute Gasteiger partial charge is 0.249 e. The molecule has 1 atom stereocenters. The number of primary amides is 1. The van der Waals surface area contributed by atoms with E-state index >= 15 is 0 Å². The van der Waals surface area contributed by atoms with E-state index in [0.717, 1.165) is 23.3 Å². The van der Waals surface area contributed by atoms with Gasteiger partial charge in [0.05, 0.1) is 5.56 Å². The molecule has 4 N–H and O–H groups in total. The van der Waals surface area contributed by atoms with Crippen LogP contribution >= 0.6 is 11.3 Å². The van der Waals surface area contributed by atoms with Gasteiger partial charge in [-0.2, -0.15) is 0 Å². The van der Waals surface area contributed by atoms with Crippen LogP contribution in [-0.2, 0) is 18.6 Å². The van der Waals surface area contributed by atoms with Crippen molar-refractivity contribution in [1.29, 1.82) is 0 Å². The van der Waals surface area contributed by atoms with Gasteiger partial charge in [-0.15, -0.1) is 11.3 Å². The highest BCUT2D eigenvalue weighted by atomic mass is 32.1. The van der Waals surface area contributed by atoms with E-state index in [1.54, 1.807) is 11.4 Å². The highest BCUT2D eigenvalue weighted by Crippen LogP contribution is 2.36. The lowest BCUT2D eigenvalue weighted by atomic mass is 9.96. The van der Waals surface area contributed by atoms with Crippen molar-refractivity contribution in [2.75, 3.05) is 6.54 Å². The first kappa shape index (κ1) is 14.3. The van der Waals surface area contributed by atoms with Crippen molar-refractivity contribution in [2.45, 2.75) is 25.0 Å². The fourth-order valence-electron chi connectivity index (χ4n) is 2.85. The van der Waals surface area contributed by atoms with E-state index in [0.29, 0.717) is 18.7 Å². The molecule has 21 heavy (non-hydrogen) atoms. The molecule has 110 valence electrons. The first-order valence-electron chi connectivity index (χ1n) is 6.97. The fourth-order valence-corrected chi connectivity index (χ4v) is 3.69. The number of nitrogens with two attached hydrogens (primary N) is 1. The number of rotatable bonds is 5. The number of hydrogen-bond donors (Lipinski definition) is 3. The van der Waals surface area contributed by atoms with Gasteiger partial charge in [0, 0.05) is 23.3 Å². The number of hydrogen-bond acceptors (Lipinski definition) is 4. The lowest BCUT2D eigenvalue weighted by Crippen LogP contribution is -2.35. The predicted octanol–water partition coefficient (Wildman–Crippen LogP) is 1.77. The van der Waals surface area contributed by atoms with Gasteiger partial charge >= 0.3 is 0 Å². The summed E-state index contributed by atoms with van der Waals surface area (Å²) in [6, 6.07) is 9.85. The number of fused-ring (bicyclic) bond motifs is 1. The maximum atomic E-state index is 11.1. The van der Waals surface area contributed by atoms with Gasteiger partial charge in [-0.05, 0) is 30.0 Å². The van der Waals surface area contributed by atoms with Crippen LogP contribution in [0.4, 0.5) is 0 Å². The SMILES string of the molecule is NC(=O)c1csc(CNCC2(O)CCc3ccccc32)c1. The minimum atomic E-state index is -0.791. The fraction of sp³-hybridized carbons (Fsp3) is 0.312. The molecule has 5 heteroatoms. The first-order valence-corrected chi connectivity index (χ1v) is 7.85. The van der Waals surface area contributed by atoms with Crippen LogP contribution in [0.25, 0.3) is 0 Å². The van der Waals surface area contributed by atoms with Gasteiger partial charge in [-0.3, -0.25) is 4.79 Å². The number of amides is 1. The normalized spacial score (nSPS) is 20.4. The van der Waals surface area contributed by atoms with E-state index in [1.807, 2.05) is 18.2 Å². The number of aliphatic hydroxyl groups is 1. The molecule has 1 aliphatic rings. The Morgan fingerprint density at radius 2 is 2.24 bits per heavy atom. The molecule has 3 rings (SSSR count). The van der Waals surface area contributed by atoms with Crippen LogP contribution in [0.1, 0.15) is 32.8 Å². The van der Waals surface area contributed by atoms with Crippen molar-refractivity contribution in [3.8, 4) is 0 Å². The summed E-state index contributed by atoms with van der Waals surface area (Å²) >= 11 is 1.50. The Balaban J connectivity index is 1.62. The molecule has 0 fully saturated rings. The Bertz CT molecular complexity index is 668. The zero-order valence-electron chi connectivity index (χ0n) is 11.6. The summed E-state index contributed by atoms with van der Waals surface area (Å²) in [4.78, 5) is 12.1. The Kier molecular flexibility index (Phi) is 3.80. The minimum absolute atomic E-state index is 0.402. The topological polar surface area (TPSA) is 75.4 Å². The molecule has 4 nitrogen and oxygen atoms in total. The summed E-state index contributed by atoms with van der Waals surface area (Å²) in [5, 5.41) is 15.8. The van der Waals surface area contributed by atoms with E-state index in [2.05, 4.69) is 11.4 Å². The molecule has 0 saturated heterocycles. The molecular weight excluding hydrogens is 284 g/mol.